The number of piperazine rings is 1. The van der Waals surface area contributed by atoms with Crippen molar-refractivity contribution in [1.29, 1.82) is 0 Å². The van der Waals surface area contributed by atoms with Crippen LogP contribution in [0.1, 0.15) is 37.6 Å². The molecule has 1 amide bonds. The second-order valence-electron chi connectivity index (χ2n) is 8.93. The molecule has 9 heteroatoms. The third-order valence-electron chi connectivity index (χ3n) is 5.38. The molecule has 0 N–H and O–H groups in total. The maximum atomic E-state index is 12.2. The van der Waals surface area contributed by atoms with Gasteiger partial charge in [-0.1, -0.05) is 0 Å². The predicted octanol–water partition coefficient (Wildman–Crippen LogP) is -1.02. The Balaban J connectivity index is 0.00000363. The van der Waals surface area contributed by atoms with Crippen molar-refractivity contribution < 1.29 is 38.3 Å². The number of rotatable bonds is 6. The Morgan fingerprint density at radius 2 is 1.84 bits per heavy atom. The first kappa shape index (κ1) is 26.0. The van der Waals surface area contributed by atoms with Gasteiger partial charge in [0, 0.05) is 62.6 Å². The Morgan fingerprint density at radius 1 is 1.16 bits per heavy atom. The van der Waals surface area contributed by atoms with Crippen LogP contribution in [0.2, 0.25) is 0 Å². The van der Waals surface area contributed by atoms with E-state index in [0.717, 1.165) is 38.3 Å². The number of amides is 1. The molecule has 1 aromatic carbocycles. The molecule has 2 aromatic rings. The number of anilines is 1. The molecule has 1 aliphatic heterocycles. The standard InChI is InChI=1S/C23H32N4O4.Li/c1-23(2,3)31-22(30)27-14-12-26(13-15-27)11-5-10-25(4)17-6-7-20-19(16-17)18(21(28)29)8-9-24-20;/h6-9,16H,5,10-15H2,1-4H3,(H,28,29);/q;+1/p-1. The molecular formula is C23H31LiN4O4. The molecule has 0 atom stereocenters. The van der Waals surface area contributed by atoms with E-state index in [1.165, 1.54) is 12.3 Å². The predicted molar refractivity (Wildman–Crippen MR) is 118 cm³/mol. The molecule has 0 unspecified atom stereocenters. The first-order valence-corrected chi connectivity index (χ1v) is 10.7. The Hall–Kier alpha value is -2.27. The first-order chi connectivity index (χ1) is 14.6. The first-order valence-electron chi connectivity index (χ1n) is 10.7. The van der Waals surface area contributed by atoms with Gasteiger partial charge in [-0.15, -0.1) is 0 Å². The van der Waals surface area contributed by atoms with Gasteiger partial charge in [0.05, 0.1) is 11.5 Å². The van der Waals surface area contributed by atoms with E-state index < -0.39 is 11.6 Å². The number of ether oxygens (including phenoxy) is 1. The molecular weight excluding hydrogens is 403 g/mol. The number of benzene rings is 1. The normalized spacial score (nSPS) is 14.7. The Labute approximate surface area is 201 Å². The second kappa shape index (κ2) is 11.0. The van der Waals surface area contributed by atoms with Gasteiger partial charge in [0.25, 0.3) is 0 Å². The molecule has 1 saturated heterocycles. The summed E-state index contributed by atoms with van der Waals surface area (Å²) < 4.78 is 5.44. The fourth-order valence-corrected chi connectivity index (χ4v) is 3.69. The smallest absolute Gasteiger partial charge is 0.545 e. The van der Waals surface area contributed by atoms with Crippen LogP contribution in [0, 0.1) is 0 Å². The summed E-state index contributed by atoms with van der Waals surface area (Å²) in [4.78, 5) is 34.0. The maximum absolute atomic E-state index is 12.2. The third kappa shape index (κ3) is 6.86. The summed E-state index contributed by atoms with van der Waals surface area (Å²) in [7, 11) is 2.00. The van der Waals surface area contributed by atoms with Gasteiger partial charge in [-0.3, -0.25) is 9.88 Å². The maximum Gasteiger partial charge on any atom is 1.00 e. The average Bonchev–Trinajstić information content (AvgIpc) is 2.72. The van der Waals surface area contributed by atoms with E-state index in [1.54, 1.807) is 4.90 Å². The van der Waals surface area contributed by atoms with Crippen molar-refractivity contribution in [3.63, 3.8) is 0 Å². The summed E-state index contributed by atoms with van der Waals surface area (Å²) in [5, 5.41) is 12.0. The minimum Gasteiger partial charge on any atom is -0.545 e. The van der Waals surface area contributed by atoms with E-state index in [4.69, 9.17) is 4.74 Å². The van der Waals surface area contributed by atoms with Crippen LogP contribution in [0.25, 0.3) is 10.9 Å². The number of carbonyl (C=O) groups is 2. The van der Waals surface area contributed by atoms with E-state index in [2.05, 4.69) is 14.8 Å². The zero-order valence-corrected chi connectivity index (χ0v) is 19.8. The van der Waals surface area contributed by atoms with Gasteiger partial charge in [-0.05, 0) is 58.0 Å². The van der Waals surface area contributed by atoms with Gasteiger partial charge in [0.1, 0.15) is 5.60 Å². The molecule has 0 saturated carbocycles. The van der Waals surface area contributed by atoms with E-state index in [-0.39, 0.29) is 30.5 Å². The Bertz CT molecular complexity index is 939. The van der Waals surface area contributed by atoms with Gasteiger partial charge in [0.2, 0.25) is 0 Å². The summed E-state index contributed by atoms with van der Waals surface area (Å²) in [6, 6.07) is 7.11. The largest absolute Gasteiger partial charge is 1.00 e. The topological polar surface area (TPSA) is 89.0 Å². The number of carboxylic acids is 1. The van der Waals surface area contributed by atoms with E-state index in [1.807, 2.05) is 46.0 Å². The van der Waals surface area contributed by atoms with Crippen LogP contribution in [-0.4, -0.2) is 78.8 Å². The molecule has 32 heavy (non-hydrogen) atoms. The number of hydrogen-bond donors (Lipinski definition) is 0. The molecule has 8 nitrogen and oxygen atoms in total. The molecule has 1 fully saturated rings. The molecule has 0 spiro atoms. The zero-order valence-electron chi connectivity index (χ0n) is 19.8. The summed E-state index contributed by atoms with van der Waals surface area (Å²) in [6.45, 7) is 10.4. The van der Waals surface area contributed by atoms with E-state index in [0.29, 0.717) is 24.0 Å². The van der Waals surface area contributed by atoms with Gasteiger partial charge >= 0.3 is 25.0 Å². The fourth-order valence-electron chi connectivity index (χ4n) is 3.69. The summed E-state index contributed by atoms with van der Waals surface area (Å²) in [6.07, 6.45) is 2.20. The molecule has 1 aromatic heterocycles. The summed E-state index contributed by atoms with van der Waals surface area (Å²) in [5.41, 5.74) is 1.27. The summed E-state index contributed by atoms with van der Waals surface area (Å²) >= 11 is 0. The molecule has 2 heterocycles. The molecule has 3 rings (SSSR count). The average molecular weight is 434 g/mol. The van der Waals surface area contributed by atoms with Crippen molar-refractivity contribution in [2.24, 2.45) is 0 Å². The van der Waals surface area contributed by atoms with Crippen LogP contribution >= 0.6 is 0 Å². The molecule has 1 aliphatic rings. The minimum atomic E-state index is -1.20. The summed E-state index contributed by atoms with van der Waals surface area (Å²) in [5.74, 6) is -1.20. The van der Waals surface area contributed by atoms with Crippen LogP contribution in [0.3, 0.4) is 0 Å². The second-order valence-corrected chi connectivity index (χ2v) is 8.93. The Morgan fingerprint density at radius 3 is 2.47 bits per heavy atom. The number of aromatic carboxylic acids is 1. The van der Waals surface area contributed by atoms with Crippen molar-refractivity contribution in [2.45, 2.75) is 32.8 Å². The number of pyridine rings is 1. The third-order valence-corrected chi connectivity index (χ3v) is 5.38. The number of aromatic nitrogens is 1. The van der Waals surface area contributed by atoms with Crippen molar-refractivity contribution in [1.82, 2.24) is 14.8 Å². The van der Waals surface area contributed by atoms with Crippen LogP contribution in [-0.2, 0) is 4.74 Å². The van der Waals surface area contributed by atoms with E-state index >= 15 is 0 Å². The monoisotopic (exact) mass is 434 g/mol. The van der Waals surface area contributed by atoms with Crippen molar-refractivity contribution in [3.8, 4) is 0 Å². The van der Waals surface area contributed by atoms with Crippen molar-refractivity contribution >= 4 is 28.7 Å². The molecule has 0 aliphatic carbocycles. The number of fused-ring (bicyclic) bond motifs is 1. The van der Waals surface area contributed by atoms with Crippen LogP contribution in [0.4, 0.5) is 10.5 Å². The van der Waals surface area contributed by atoms with Crippen molar-refractivity contribution in [2.75, 3.05) is 51.2 Å². The number of nitrogens with zero attached hydrogens (tertiary/aromatic N) is 4. The molecule has 0 radical (unpaired) electrons. The molecule has 0 bridgehead atoms. The van der Waals surface area contributed by atoms with Gasteiger partial charge in [0.15, 0.2) is 0 Å². The molecule has 168 valence electrons. The van der Waals surface area contributed by atoms with Gasteiger partial charge < -0.3 is 24.4 Å². The van der Waals surface area contributed by atoms with E-state index in [9.17, 15) is 14.7 Å². The van der Waals surface area contributed by atoms with Gasteiger partial charge in [-0.25, -0.2) is 4.79 Å². The van der Waals surface area contributed by atoms with Gasteiger partial charge in [-0.2, -0.15) is 0 Å². The number of hydrogen-bond acceptors (Lipinski definition) is 7. The Kier molecular flexibility index (Phi) is 8.96. The van der Waals surface area contributed by atoms with Crippen LogP contribution < -0.4 is 28.9 Å². The number of carboxylic acid groups (broad SMARTS) is 1. The number of carbonyl (C=O) groups excluding carboxylic acids is 2. The van der Waals surface area contributed by atoms with Crippen LogP contribution in [0.15, 0.2) is 30.5 Å². The van der Waals surface area contributed by atoms with Crippen LogP contribution in [0.5, 0.6) is 0 Å². The zero-order chi connectivity index (χ0) is 22.6. The minimum absolute atomic E-state index is 0. The fraction of sp³-hybridized carbons (Fsp3) is 0.522. The quantitative estimate of drug-likeness (QED) is 0.538. The SMILES string of the molecule is CN(CCCN1CCN(C(=O)OC(C)(C)C)CC1)c1ccc2nccc(C(=O)[O-])c2c1.[Li+]. The van der Waals surface area contributed by atoms with Crippen molar-refractivity contribution in [3.05, 3.63) is 36.0 Å².